The number of nitrogens with zero attached hydrogens (tertiary/aromatic N) is 1. The smallest absolute Gasteiger partial charge is 0.223 e. The number of carbonyl (C=O) groups excluding carboxylic acids is 2. The number of hydrogen-bond acceptors (Lipinski definition) is 3. The Balaban J connectivity index is 1.89. The molecule has 1 amide bonds. The first-order valence-electron chi connectivity index (χ1n) is 8.15. The highest BCUT2D eigenvalue weighted by atomic mass is 16.5. The summed E-state index contributed by atoms with van der Waals surface area (Å²) in [5.41, 5.74) is 3.24. The Bertz CT molecular complexity index is 727. The molecule has 124 valence electrons. The number of fused-ring (bicyclic) bond motifs is 1. The van der Waals surface area contributed by atoms with Gasteiger partial charge in [0.25, 0.3) is 0 Å². The molecule has 0 bridgehead atoms. The van der Waals surface area contributed by atoms with Crippen LogP contribution in [0.15, 0.2) is 48.5 Å². The SMILES string of the molecule is COc1ccc2c(c1)CCC(=O)N(Cc1ccccc1)C(C=O)C2. The fourth-order valence-corrected chi connectivity index (χ4v) is 3.17. The van der Waals surface area contributed by atoms with Crippen LogP contribution in [0, 0.1) is 0 Å². The molecule has 24 heavy (non-hydrogen) atoms. The molecule has 0 aliphatic carbocycles. The lowest BCUT2D eigenvalue weighted by Crippen LogP contribution is -2.43. The summed E-state index contributed by atoms with van der Waals surface area (Å²) in [4.78, 5) is 26.0. The van der Waals surface area contributed by atoms with Gasteiger partial charge in [0, 0.05) is 13.0 Å². The molecule has 0 spiro atoms. The molecule has 2 aromatic rings. The molecule has 1 aliphatic heterocycles. The van der Waals surface area contributed by atoms with Crippen LogP contribution < -0.4 is 4.74 Å². The zero-order chi connectivity index (χ0) is 16.9. The van der Waals surface area contributed by atoms with Crippen LogP contribution in [0.25, 0.3) is 0 Å². The third-order valence-corrected chi connectivity index (χ3v) is 4.52. The van der Waals surface area contributed by atoms with E-state index >= 15 is 0 Å². The van der Waals surface area contributed by atoms with Crippen molar-refractivity contribution in [1.82, 2.24) is 4.90 Å². The van der Waals surface area contributed by atoms with Crippen molar-refractivity contribution >= 4 is 12.2 Å². The number of carbonyl (C=O) groups is 2. The molecular formula is C20H21NO3. The first kappa shape index (κ1) is 16.2. The van der Waals surface area contributed by atoms with Crippen LogP contribution in [0.1, 0.15) is 23.1 Å². The molecule has 1 atom stereocenters. The summed E-state index contributed by atoms with van der Waals surface area (Å²) >= 11 is 0. The van der Waals surface area contributed by atoms with E-state index in [0.717, 1.165) is 28.7 Å². The summed E-state index contributed by atoms with van der Waals surface area (Å²) in [5.74, 6) is 0.801. The summed E-state index contributed by atoms with van der Waals surface area (Å²) in [6.07, 6.45) is 2.50. The molecule has 2 aromatic carbocycles. The van der Waals surface area contributed by atoms with Gasteiger partial charge in [-0.1, -0.05) is 36.4 Å². The summed E-state index contributed by atoms with van der Waals surface area (Å²) in [7, 11) is 1.63. The highest BCUT2D eigenvalue weighted by molar-refractivity contribution is 5.80. The molecule has 0 radical (unpaired) electrons. The number of methoxy groups -OCH3 is 1. The Morgan fingerprint density at radius 1 is 1.12 bits per heavy atom. The third-order valence-electron chi connectivity index (χ3n) is 4.52. The largest absolute Gasteiger partial charge is 0.497 e. The topological polar surface area (TPSA) is 46.6 Å². The minimum absolute atomic E-state index is 0.0180. The Labute approximate surface area is 142 Å². The van der Waals surface area contributed by atoms with E-state index in [1.54, 1.807) is 12.0 Å². The van der Waals surface area contributed by atoms with E-state index in [2.05, 4.69) is 0 Å². The maximum Gasteiger partial charge on any atom is 0.223 e. The molecule has 1 aliphatic rings. The van der Waals surface area contributed by atoms with Gasteiger partial charge in [0.1, 0.15) is 12.0 Å². The van der Waals surface area contributed by atoms with Gasteiger partial charge in [-0.05, 0) is 41.7 Å². The van der Waals surface area contributed by atoms with Crippen LogP contribution >= 0.6 is 0 Å². The van der Waals surface area contributed by atoms with Gasteiger partial charge in [-0.2, -0.15) is 0 Å². The monoisotopic (exact) mass is 323 g/mol. The molecule has 0 aromatic heterocycles. The van der Waals surface area contributed by atoms with E-state index in [0.29, 0.717) is 25.8 Å². The summed E-state index contributed by atoms with van der Waals surface area (Å²) in [6.45, 7) is 0.467. The van der Waals surface area contributed by atoms with Crippen molar-refractivity contribution in [3.8, 4) is 5.75 Å². The molecule has 0 saturated heterocycles. The second-order valence-electron chi connectivity index (χ2n) is 6.05. The third kappa shape index (κ3) is 3.48. The van der Waals surface area contributed by atoms with E-state index in [4.69, 9.17) is 4.74 Å². The van der Waals surface area contributed by atoms with Crippen molar-refractivity contribution in [2.45, 2.75) is 31.8 Å². The Morgan fingerprint density at radius 2 is 1.92 bits per heavy atom. The quantitative estimate of drug-likeness (QED) is 0.813. The van der Waals surface area contributed by atoms with Crippen molar-refractivity contribution in [3.63, 3.8) is 0 Å². The van der Waals surface area contributed by atoms with Crippen LogP contribution in [0.2, 0.25) is 0 Å². The molecule has 3 rings (SSSR count). The van der Waals surface area contributed by atoms with Gasteiger partial charge in [-0.15, -0.1) is 0 Å². The predicted molar refractivity (Wildman–Crippen MR) is 91.9 cm³/mol. The minimum atomic E-state index is -0.440. The van der Waals surface area contributed by atoms with E-state index < -0.39 is 6.04 Å². The lowest BCUT2D eigenvalue weighted by atomic mass is 9.93. The average Bonchev–Trinajstić information content (AvgIpc) is 2.62. The number of aryl methyl sites for hydroxylation is 1. The zero-order valence-electron chi connectivity index (χ0n) is 13.8. The molecule has 4 heteroatoms. The average molecular weight is 323 g/mol. The second kappa shape index (κ2) is 7.30. The Hall–Kier alpha value is -2.62. The number of rotatable bonds is 4. The maximum atomic E-state index is 12.6. The highest BCUT2D eigenvalue weighted by Gasteiger charge is 2.27. The van der Waals surface area contributed by atoms with Crippen LogP contribution in [-0.2, 0) is 29.0 Å². The lowest BCUT2D eigenvalue weighted by molar-refractivity contribution is -0.137. The van der Waals surface area contributed by atoms with E-state index in [1.165, 1.54) is 0 Å². The van der Waals surface area contributed by atoms with Crippen LogP contribution in [0.3, 0.4) is 0 Å². The fourth-order valence-electron chi connectivity index (χ4n) is 3.17. The number of amides is 1. The lowest BCUT2D eigenvalue weighted by Gasteiger charge is -2.31. The fraction of sp³-hybridized carbons (Fsp3) is 0.300. The molecule has 0 fully saturated rings. The van der Waals surface area contributed by atoms with E-state index in [1.807, 2.05) is 48.5 Å². The molecule has 1 heterocycles. The van der Waals surface area contributed by atoms with Crippen LogP contribution in [0.4, 0.5) is 0 Å². The Morgan fingerprint density at radius 3 is 2.62 bits per heavy atom. The molecule has 4 nitrogen and oxygen atoms in total. The highest BCUT2D eigenvalue weighted by Crippen LogP contribution is 2.25. The first-order valence-corrected chi connectivity index (χ1v) is 8.15. The van der Waals surface area contributed by atoms with Gasteiger partial charge in [0.2, 0.25) is 5.91 Å². The van der Waals surface area contributed by atoms with Crippen molar-refractivity contribution in [1.29, 1.82) is 0 Å². The van der Waals surface area contributed by atoms with Gasteiger partial charge >= 0.3 is 0 Å². The minimum Gasteiger partial charge on any atom is -0.497 e. The van der Waals surface area contributed by atoms with E-state index in [-0.39, 0.29) is 5.91 Å². The number of aldehydes is 1. The Kier molecular flexibility index (Phi) is 4.94. The van der Waals surface area contributed by atoms with Gasteiger partial charge in [0.15, 0.2) is 0 Å². The van der Waals surface area contributed by atoms with Crippen molar-refractivity contribution in [2.75, 3.05) is 7.11 Å². The van der Waals surface area contributed by atoms with Crippen molar-refractivity contribution in [3.05, 3.63) is 65.2 Å². The summed E-state index contributed by atoms with van der Waals surface area (Å²) < 4.78 is 5.27. The van der Waals surface area contributed by atoms with Gasteiger partial charge in [0.05, 0.1) is 13.2 Å². The van der Waals surface area contributed by atoms with Crippen LogP contribution in [-0.4, -0.2) is 30.2 Å². The summed E-state index contributed by atoms with van der Waals surface area (Å²) in [5, 5.41) is 0. The number of hydrogen-bond donors (Lipinski definition) is 0. The predicted octanol–water partition coefficient (Wildman–Crippen LogP) is 2.78. The van der Waals surface area contributed by atoms with Crippen molar-refractivity contribution in [2.24, 2.45) is 0 Å². The molecule has 0 N–H and O–H groups in total. The molecule has 1 unspecified atom stereocenters. The van der Waals surface area contributed by atoms with Gasteiger partial charge in [-0.25, -0.2) is 0 Å². The second-order valence-corrected chi connectivity index (χ2v) is 6.05. The maximum absolute atomic E-state index is 12.6. The number of benzene rings is 2. The van der Waals surface area contributed by atoms with Crippen LogP contribution in [0.5, 0.6) is 5.75 Å². The van der Waals surface area contributed by atoms with Gasteiger partial charge < -0.3 is 14.4 Å². The zero-order valence-corrected chi connectivity index (χ0v) is 13.8. The molecular weight excluding hydrogens is 302 g/mol. The number of ether oxygens (including phenoxy) is 1. The first-order chi connectivity index (χ1) is 11.7. The standard InChI is InChI=1S/C20H21NO3/c1-24-19-9-7-16-11-18(14-22)21(13-15-5-3-2-4-6-15)20(23)10-8-17(16)12-19/h2-7,9,12,14,18H,8,10-11,13H2,1H3. The molecule has 0 saturated carbocycles. The normalized spacial score (nSPS) is 17.6. The van der Waals surface area contributed by atoms with E-state index in [9.17, 15) is 9.59 Å². The van der Waals surface area contributed by atoms with Gasteiger partial charge in [-0.3, -0.25) is 4.79 Å². The summed E-state index contributed by atoms with van der Waals surface area (Å²) in [6, 6.07) is 15.2. The van der Waals surface area contributed by atoms with Crippen molar-refractivity contribution < 1.29 is 14.3 Å².